The number of hydrogen-bond donors (Lipinski definition) is 0. The Bertz CT molecular complexity index is 677. The molecule has 0 aliphatic carbocycles. The van der Waals surface area contributed by atoms with Gasteiger partial charge >= 0.3 is 0 Å². The number of hydrogen-bond acceptors (Lipinski definition) is 3. The third kappa shape index (κ3) is 7.10. The molecular weight excluding hydrogens is 499 g/mol. The normalized spacial score (nSPS) is 17.8. The Balaban J connectivity index is 0.00000280. The number of amidine groups is 1. The van der Waals surface area contributed by atoms with Crippen LogP contribution in [-0.4, -0.2) is 59.3 Å². The first-order valence-electron chi connectivity index (χ1n) is 10.1. The number of likely N-dealkylation sites (tertiary alicyclic amines) is 1. The van der Waals surface area contributed by atoms with E-state index in [0.717, 1.165) is 31.7 Å². The summed E-state index contributed by atoms with van der Waals surface area (Å²) in [4.78, 5) is 15.0. The van der Waals surface area contributed by atoms with E-state index < -0.39 is 0 Å². The molecule has 0 unspecified atom stereocenters. The second-order valence-electron chi connectivity index (χ2n) is 7.20. The van der Waals surface area contributed by atoms with E-state index in [1.807, 2.05) is 30.3 Å². The van der Waals surface area contributed by atoms with Gasteiger partial charge in [0.15, 0.2) is 5.78 Å². The molecule has 2 aliphatic rings. The van der Waals surface area contributed by atoms with Crippen molar-refractivity contribution in [1.82, 2.24) is 4.90 Å². The minimum atomic E-state index is 0. The van der Waals surface area contributed by atoms with E-state index in [1.54, 1.807) is 23.5 Å². The summed E-state index contributed by atoms with van der Waals surface area (Å²) in [5.74, 6) is 2.10. The molecule has 1 aromatic rings. The van der Waals surface area contributed by atoms with Crippen LogP contribution >= 0.6 is 23.5 Å². The van der Waals surface area contributed by atoms with Crippen LogP contribution in [-0.2, 0) is 0 Å². The van der Waals surface area contributed by atoms with Crippen molar-refractivity contribution < 1.29 is 33.3 Å². The van der Waals surface area contributed by atoms with Gasteiger partial charge < -0.3 is 24.0 Å². The molecule has 3 rings (SSSR count). The first-order valence-corrected chi connectivity index (χ1v) is 12.3. The summed E-state index contributed by atoms with van der Waals surface area (Å²) in [6.45, 7) is 4.66. The maximum Gasteiger partial charge on any atom is 0.273 e. The van der Waals surface area contributed by atoms with Crippen LogP contribution in [0.5, 0.6) is 0 Å². The average Bonchev–Trinajstić information content (AvgIpc) is 2.75. The Morgan fingerprint density at radius 2 is 1.68 bits per heavy atom. The standard InChI is InChI=1S/C22H31N2OS2.HI/c1-26-22(27-18-20(25)19-11-5-2-6-12-19)17-21(23-13-7-3-8-14-23)24-15-9-4-10-16-24;/h2,5-6,11-12,17H,3-4,7-10,13-16,18H2,1H3;1H/q+1;/p-1/b22-17+;. The smallest absolute Gasteiger partial charge is 0.273 e. The second kappa shape index (κ2) is 13.0. The number of halogens is 1. The minimum absolute atomic E-state index is 0. The lowest BCUT2D eigenvalue weighted by atomic mass is 10.1. The summed E-state index contributed by atoms with van der Waals surface area (Å²) in [5.41, 5.74) is 0.807. The van der Waals surface area contributed by atoms with E-state index in [4.69, 9.17) is 0 Å². The fourth-order valence-corrected chi connectivity index (χ4v) is 5.24. The minimum Gasteiger partial charge on any atom is -1.00 e. The van der Waals surface area contributed by atoms with Gasteiger partial charge in [-0.2, -0.15) is 0 Å². The van der Waals surface area contributed by atoms with E-state index in [2.05, 4.69) is 21.8 Å². The van der Waals surface area contributed by atoms with Crippen LogP contribution in [0.3, 0.4) is 0 Å². The van der Waals surface area contributed by atoms with Gasteiger partial charge in [-0.1, -0.05) is 30.3 Å². The van der Waals surface area contributed by atoms with Crippen LogP contribution in [0, 0.1) is 0 Å². The maximum atomic E-state index is 12.5. The van der Waals surface area contributed by atoms with Crippen molar-refractivity contribution >= 4 is 35.1 Å². The predicted molar refractivity (Wildman–Crippen MR) is 119 cm³/mol. The van der Waals surface area contributed by atoms with Crippen molar-refractivity contribution in [2.24, 2.45) is 0 Å². The summed E-state index contributed by atoms with van der Waals surface area (Å²) in [5, 5.41) is 0. The molecule has 0 N–H and O–H groups in total. The molecule has 0 atom stereocenters. The molecule has 1 aromatic carbocycles. The Morgan fingerprint density at radius 1 is 1.04 bits per heavy atom. The van der Waals surface area contributed by atoms with E-state index in [9.17, 15) is 4.79 Å². The second-order valence-corrected chi connectivity index (χ2v) is 9.32. The number of benzene rings is 1. The Morgan fingerprint density at radius 3 is 2.32 bits per heavy atom. The van der Waals surface area contributed by atoms with E-state index >= 15 is 0 Å². The molecule has 2 heterocycles. The Kier molecular flexibility index (Phi) is 11.0. The van der Waals surface area contributed by atoms with Gasteiger partial charge in [0.25, 0.3) is 5.84 Å². The predicted octanol–water partition coefficient (Wildman–Crippen LogP) is 1.89. The average molecular weight is 531 g/mol. The van der Waals surface area contributed by atoms with Gasteiger partial charge in [0, 0.05) is 15.9 Å². The number of carbonyl (C=O) groups is 1. The number of nitrogens with zero attached hydrogens (tertiary/aromatic N) is 2. The number of thioether (sulfide) groups is 2. The molecule has 0 bridgehead atoms. The van der Waals surface area contributed by atoms with Crippen LogP contribution in [0.15, 0.2) is 40.6 Å². The van der Waals surface area contributed by atoms with E-state index in [1.165, 1.54) is 48.6 Å². The van der Waals surface area contributed by atoms with Gasteiger partial charge in [-0.25, -0.2) is 0 Å². The molecule has 3 nitrogen and oxygen atoms in total. The molecule has 2 saturated heterocycles. The number of carbonyl (C=O) groups excluding carboxylic acids is 1. The SMILES string of the molecule is CS/C(=C\C(N1CCCCC1)=[N+]1CCCCC1)SCC(=O)c1ccccc1.[I-]. The summed E-state index contributed by atoms with van der Waals surface area (Å²) < 4.78 is 3.82. The zero-order valence-corrected chi connectivity index (χ0v) is 20.5. The van der Waals surface area contributed by atoms with Crippen LogP contribution in [0.4, 0.5) is 0 Å². The molecule has 0 saturated carbocycles. The molecule has 6 heteroatoms. The molecule has 0 aromatic heterocycles. The van der Waals surface area contributed by atoms with Gasteiger partial charge in [-0.05, 0) is 44.8 Å². The molecule has 0 spiro atoms. The van der Waals surface area contributed by atoms with Gasteiger partial charge in [0.1, 0.15) is 0 Å². The summed E-state index contributed by atoms with van der Waals surface area (Å²) in [6, 6.07) is 9.63. The lowest BCUT2D eigenvalue weighted by Gasteiger charge is -2.26. The maximum absolute atomic E-state index is 12.5. The van der Waals surface area contributed by atoms with Crippen LogP contribution < -0.4 is 24.0 Å². The van der Waals surface area contributed by atoms with Crippen molar-refractivity contribution in [2.45, 2.75) is 38.5 Å². The highest BCUT2D eigenvalue weighted by molar-refractivity contribution is 8.22. The van der Waals surface area contributed by atoms with Gasteiger partial charge in [0.2, 0.25) is 0 Å². The third-order valence-corrected chi connectivity index (χ3v) is 7.43. The molecule has 154 valence electrons. The number of rotatable bonds is 6. The Hall–Kier alpha value is -0.470. The molecule has 0 radical (unpaired) electrons. The number of piperidine rings is 2. The largest absolute Gasteiger partial charge is 1.00 e. The number of ketones is 1. The highest BCUT2D eigenvalue weighted by atomic mass is 127. The molecule has 2 aliphatic heterocycles. The Labute approximate surface area is 195 Å². The molecule has 2 fully saturated rings. The zero-order chi connectivity index (χ0) is 18.9. The summed E-state index contributed by atoms with van der Waals surface area (Å²) >= 11 is 3.44. The summed E-state index contributed by atoms with van der Waals surface area (Å²) in [6.07, 6.45) is 12.3. The van der Waals surface area contributed by atoms with E-state index in [-0.39, 0.29) is 29.8 Å². The van der Waals surface area contributed by atoms with Crippen molar-refractivity contribution in [3.63, 3.8) is 0 Å². The lowest BCUT2D eigenvalue weighted by Crippen LogP contribution is -3.00. The summed E-state index contributed by atoms with van der Waals surface area (Å²) in [7, 11) is 0. The van der Waals surface area contributed by atoms with Crippen molar-refractivity contribution in [3.8, 4) is 0 Å². The highest BCUT2D eigenvalue weighted by Crippen LogP contribution is 2.28. The van der Waals surface area contributed by atoms with Crippen LogP contribution in [0.2, 0.25) is 0 Å². The van der Waals surface area contributed by atoms with Crippen molar-refractivity contribution in [3.05, 3.63) is 46.2 Å². The number of Topliss-reactive ketones (excluding diaryl/α,β-unsaturated/α-hetero) is 1. The molecule has 0 amide bonds. The van der Waals surface area contributed by atoms with Crippen LogP contribution in [0.1, 0.15) is 48.9 Å². The zero-order valence-electron chi connectivity index (χ0n) is 16.7. The van der Waals surface area contributed by atoms with Gasteiger partial charge in [0.05, 0.1) is 31.9 Å². The third-order valence-electron chi connectivity index (χ3n) is 5.25. The van der Waals surface area contributed by atoms with Crippen molar-refractivity contribution in [2.75, 3.05) is 38.2 Å². The first-order chi connectivity index (χ1) is 13.3. The fraction of sp³-hybridized carbons (Fsp3) is 0.545. The highest BCUT2D eigenvalue weighted by Gasteiger charge is 2.25. The fourth-order valence-electron chi connectivity index (χ4n) is 3.74. The first kappa shape index (κ1) is 23.8. The quantitative estimate of drug-likeness (QED) is 0.243. The van der Waals surface area contributed by atoms with Crippen LogP contribution in [0.25, 0.3) is 0 Å². The lowest BCUT2D eigenvalue weighted by molar-refractivity contribution is -0.541. The molecule has 28 heavy (non-hydrogen) atoms. The van der Waals surface area contributed by atoms with Gasteiger partial charge in [-0.15, -0.1) is 23.5 Å². The topological polar surface area (TPSA) is 23.3 Å². The van der Waals surface area contributed by atoms with Crippen molar-refractivity contribution in [1.29, 1.82) is 0 Å². The monoisotopic (exact) mass is 530 g/mol. The van der Waals surface area contributed by atoms with E-state index in [0.29, 0.717) is 5.75 Å². The molecular formula is C22H31IN2OS2. The van der Waals surface area contributed by atoms with Gasteiger partial charge in [-0.3, -0.25) is 14.3 Å².